The number of aryl methyl sites for hydroxylation is 1. The molecule has 30 heavy (non-hydrogen) atoms. The first kappa shape index (κ1) is 19.5. The van der Waals surface area contributed by atoms with Crippen LogP contribution in [0.2, 0.25) is 0 Å². The molecule has 1 aliphatic heterocycles. The molecule has 1 saturated heterocycles. The minimum absolute atomic E-state index is 0.445. The molecule has 0 aromatic heterocycles. The predicted octanol–water partition coefficient (Wildman–Crippen LogP) is 4.80. The maximum atomic E-state index is 13.0. The summed E-state index contributed by atoms with van der Waals surface area (Å²) in [6, 6.07) is 24.1. The van der Waals surface area contributed by atoms with Crippen molar-refractivity contribution in [1.29, 1.82) is 0 Å². The van der Waals surface area contributed by atoms with E-state index in [1.54, 1.807) is 43.3 Å². The highest BCUT2D eigenvalue weighted by molar-refractivity contribution is 6.04. The van der Waals surface area contributed by atoms with Gasteiger partial charge in [0.15, 0.2) is 0 Å². The van der Waals surface area contributed by atoms with Crippen LogP contribution in [-0.4, -0.2) is 17.0 Å². The molecule has 0 radical (unpaired) electrons. The zero-order valence-corrected chi connectivity index (χ0v) is 16.8. The van der Waals surface area contributed by atoms with Crippen LogP contribution in [0.4, 0.5) is 10.5 Å². The smallest absolute Gasteiger partial charge is 0.437 e. The Balaban J connectivity index is 1.46. The van der Waals surface area contributed by atoms with Crippen molar-refractivity contribution in [1.82, 2.24) is 5.01 Å². The van der Waals surface area contributed by atoms with Gasteiger partial charge in [-0.2, -0.15) is 0 Å². The van der Waals surface area contributed by atoms with Crippen LogP contribution in [0.3, 0.4) is 0 Å². The van der Waals surface area contributed by atoms with E-state index in [0.29, 0.717) is 23.6 Å². The Morgan fingerprint density at radius 2 is 1.70 bits per heavy atom. The second-order valence-corrected chi connectivity index (χ2v) is 7.32. The van der Waals surface area contributed by atoms with Crippen molar-refractivity contribution >= 4 is 17.7 Å². The molecule has 1 fully saturated rings. The zero-order valence-electron chi connectivity index (χ0n) is 16.8. The monoisotopic (exact) mass is 402 g/mol. The molecular formula is C24H22N2O4. The van der Waals surface area contributed by atoms with Crippen molar-refractivity contribution < 1.29 is 19.1 Å². The minimum Gasteiger partial charge on any atom is -0.489 e. The molecule has 1 atom stereocenters. The quantitative estimate of drug-likeness (QED) is 0.642. The first-order valence-corrected chi connectivity index (χ1v) is 9.64. The van der Waals surface area contributed by atoms with E-state index in [4.69, 9.17) is 9.47 Å². The maximum absolute atomic E-state index is 13.0. The Morgan fingerprint density at radius 1 is 0.967 bits per heavy atom. The number of hydrogen-bond acceptors (Lipinski definition) is 5. The number of hydrogen-bond donors (Lipinski definition) is 1. The molecule has 6 heteroatoms. The third-order valence-corrected chi connectivity index (χ3v) is 4.99. The highest BCUT2D eigenvalue weighted by Gasteiger charge is 2.52. The molecule has 4 rings (SSSR count). The van der Waals surface area contributed by atoms with Crippen molar-refractivity contribution in [2.45, 2.75) is 26.1 Å². The van der Waals surface area contributed by atoms with Crippen LogP contribution < -0.4 is 10.2 Å². The number of ether oxygens (including phenoxy) is 2. The molecule has 3 aromatic rings. The summed E-state index contributed by atoms with van der Waals surface area (Å²) in [4.78, 5) is 25.3. The number of anilines is 1. The lowest BCUT2D eigenvalue weighted by atomic mass is 9.95. The van der Waals surface area contributed by atoms with Crippen LogP contribution in [0.25, 0.3) is 0 Å². The standard InChI is InChI=1S/C24H22N2O4/c1-17-7-6-8-18(15-17)16-29-21-13-11-19(12-14-21)24(2)22(27)26(23(28)30-24)25-20-9-4-3-5-10-20/h3-15,25H,16H2,1-2H3. The van der Waals surface area contributed by atoms with Gasteiger partial charge < -0.3 is 9.47 Å². The second kappa shape index (κ2) is 7.91. The van der Waals surface area contributed by atoms with E-state index in [1.807, 2.05) is 43.3 Å². The Labute approximate surface area is 175 Å². The minimum atomic E-state index is -1.41. The van der Waals surface area contributed by atoms with E-state index >= 15 is 0 Å². The largest absolute Gasteiger partial charge is 0.489 e. The van der Waals surface area contributed by atoms with Crippen molar-refractivity contribution in [2.24, 2.45) is 0 Å². The highest BCUT2D eigenvalue weighted by atomic mass is 16.6. The summed E-state index contributed by atoms with van der Waals surface area (Å²) in [6.07, 6.45) is -0.744. The molecule has 0 spiro atoms. The number of amides is 2. The normalized spacial score (nSPS) is 18.3. The van der Waals surface area contributed by atoms with Crippen LogP contribution in [-0.2, 0) is 21.7 Å². The Morgan fingerprint density at radius 3 is 2.40 bits per heavy atom. The second-order valence-electron chi connectivity index (χ2n) is 7.32. The SMILES string of the molecule is Cc1cccc(COc2ccc(C3(C)OC(=O)N(Nc4ccccc4)C3=O)cc2)c1. The van der Waals surface area contributed by atoms with Crippen LogP contribution >= 0.6 is 0 Å². The van der Waals surface area contributed by atoms with Crippen molar-refractivity contribution in [2.75, 3.05) is 5.43 Å². The van der Waals surface area contributed by atoms with Crippen LogP contribution in [0.1, 0.15) is 23.6 Å². The third kappa shape index (κ3) is 3.85. The van der Waals surface area contributed by atoms with Crippen molar-refractivity contribution in [3.63, 3.8) is 0 Å². The number of benzene rings is 3. The van der Waals surface area contributed by atoms with Crippen LogP contribution in [0.15, 0.2) is 78.9 Å². The summed E-state index contributed by atoms with van der Waals surface area (Å²) < 4.78 is 11.3. The molecule has 1 unspecified atom stereocenters. The topological polar surface area (TPSA) is 67.9 Å². The zero-order chi connectivity index (χ0) is 21.1. The highest BCUT2D eigenvalue weighted by Crippen LogP contribution is 2.35. The summed E-state index contributed by atoms with van der Waals surface area (Å²) in [5, 5.41) is 0.900. The van der Waals surface area contributed by atoms with Gasteiger partial charge in [-0.3, -0.25) is 10.2 Å². The molecule has 1 heterocycles. The molecular weight excluding hydrogens is 380 g/mol. The summed E-state index contributed by atoms with van der Waals surface area (Å²) >= 11 is 0. The fourth-order valence-electron chi connectivity index (χ4n) is 3.32. The number of nitrogens with one attached hydrogen (secondary N) is 1. The van der Waals surface area contributed by atoms with Crippen LogP contribution in [0, 0.1) is 6.92 Å². The lowest BCUT2D eigenvalue weighted by molar-refractivity contribution is -0.135. The Hall–Kier alpha value is -3.80. The van der Waals surface area contributed by atoms with Gasteiger partial charge in [-0.15, -0.1) is 5.01 Å². The molecule has 1 aliphatic rings. The van der Waals surface area contributed by atoms with Crippen LogP contribution in [0.5, 0.6) is 5.75 Å². The average molecular weight is 402 g/mol. The summed E-state index contributed by atoms with van der Waals surface area (Å²) in [5.41, 5.74) is 4.84. The fourth-order valence-corrected chi connectivity index (χ4v) is 3.32. The van der Waals surface area contributed by atoms with E-state index < -0.39 is 17.6 Å². The Kier molecular flexibility index (Phi) is 5.14. The first-order chi connectivity index (χ1) is 14.5. The van der Waals surface area contributed by atoms with E-state index in [2.05, 4.69) is 11.5 Å². The van der Waals surface area contributed by atoms with Gasteiger partial charge in [-0.25, -0.2) is 4.79 Å². The maximum Gasteiger partial charge on any atom is 0.437 e. The van der Waals surface area contributed by atoms with E-state index in [1.165, 1.54) is 5.56 Å². The lowest BCUT2D eigenvalue weighted by Gasteiger charge is -2.21. The number of carbonyl (C=O) groups is 2. The molecule has 3 aromatic carbocycles. The Bertz CT molecular complexity index is 1070. The first-order valence-electron chi connectivity index (χ1n) is 9.64. The molecule has 6 nitrogen and oxygen atoms in total. The number of hydrazine groups is 1. The number of nitrogens with zero attached hydrogens (tertiary/aromatic N) is 1. The molecule has 0 bridgehead atoms. The fraction of sp³-hybridized carbons (Fsp3) is 0.167. The van der Waals surface area contributed by atoms with Gasteiger partial charge >= 0.3 is 6.09 Å². The van der Waals surface area contributed by atoms with Gasteiger partial charge in [0.1, 0.15) is 12.4 Å². The van der Waals surface area contributed by atoms with Gasteiger partial charge in [-0.1, -0.05) is 60.2 Å². The number of rotatable bonds is 6. The average Bonchev–Trinajstić information content (AvgIpc) is 2.97. The molecule has 0 aliphatic carbocycles. The van der Waals surface area contributed by atoms with Crippen molar-refractivity contribution in [3.05, 3.63) is 95.6 Å². The molecule has 0 saturated carbocycles. The number of imide groups is 1. The summed E-state index contributed by atoms with van der Waals surface area (Å²) in [7, 11) is 0. The van der Waals surface area contributed by atoms with E-state index in [-0.39, 0.29) is 0 Å². The number of cyclic esters (lactones) is 1. The molecule has 2 amide bonds. The third-order valence-electron chi connectivity index (χ3n) is 4.99. The number of carbonyl (C=O) groups excluding carboxylic acids is 2. The van der Waals surface area contributed by atoms with Gasteiger partial charge in [0.05, 0.1) is 5.69 Å². The predicted molar refractivity (Wildman–Crippen MR) is 113 cm³/mol. The summed E-state index contributed by atoms with van der Waals surface area (Å²) in [6.45, 7) is 4.07. The molecule has 152 valence electrons. The van der Waals surface area contributed by atoms with E-state index in [9.17, 15) is 9.59 Å². The van der Waals surface area contributed by atoms with Crippen molar-refractivity contribution in [3.8, 4) is 5.75 Å². The van der Waals surface area contributed by atoms with E-state index in [0.717, 1.165) is 10.6 Å². The number of para-hydroxylation sites is 1. The van der Waals surface area contributed by atoms with Gasteiger partial charge in [0.2, 0.25) is 5.60 Å². The van der Waals surface area contributed by atoms with Gasteiger partial charge in [-0.05, 0) is 43.7 Å². The lowest BCUT2D eigenvalue weighted by Crippen LogP contribution is -2.40. The molecule has 1 N–H and O–H groups in total. The van der Waals surface area contributed by atoms with Gasteiger partial charge in [0.25, 0.3) is 5.91 Å². The van der Waals surface area contributed by atoms with Gasteiger partial charge in [0, 0.05) is 5.56 Å². The summed E-state index contributed by atoms with van der Waals surface area (Å²) in [5.74, 6) is 0.185.